The van der Waals surface area contributed by atoms with Crippen molar-refractivity contribution in [2.24, 2.45) is 35.5 Å². The van der Waals surface area contributed by atoms with Gasteiger partial charge in [-0.2, -0.15) is 0 Å². The number of fused-ring (bicyclic) bond motifs is 1. The summed E-state index contributed by atoms with van der Waals surface area (Å²) in [5.41, 5.74) is 1.01. The highest BCUT2D eigenvalue weighted by Gasteiger charge is 2.68. The van der Waals surface area contributed by atoms with Crippen molar-refractivity contribution in [3.05, 3.63) is 29.6 Å². The SMILES string of the molecule is Cc1ccc(F)c(N2C(=O)[C@@H]3[C@@H]4CC[C@@H]([C@H]5C[C@H]54)[C@@H]3C2=O)c1. The minimum absolute atomic E-state index is 0.150. The molecular weight excluding hydrogens is 281 g/mol. The Morgan fingerprint density at radius 3 is 2.18 bits per heavy atom. The van der Waals surface area contributed by atoms with Crippen LogP contribution >= 0.6 is 0 Å². The van der Waals surface area contributed by atoms with E-state index in [-0.39, 0.29) is 29.3 Å². The van der Waals surface area contributed by atoms with E-state index in [1.165, 1.54) is 12.5 Å². The van der Waals surface area contributed by atoms with E-state index >= 15 is 0 Å². The van der Waals surface area contributed by atoms with Gasteiger partial charge in [0.05, 0.1) is 17.5 Å². The highest BCUT2D eigenvalue weighted by molar-refractivity contribution is 6.22. The molecule has 4 aliphatic carbocycles. The summed E-state index contributed by atoms with van der Waals surface area (Å²) in [6, 6.07) is 4.63. The highest BCUT2D eigenvalue weighted by atomic mass is 19.1. The number of rotatable bonds is 1. The first kappa shape index (κ1) is 12.8. The molecule has 1 heterocycles. The molecule has 4 heteroatoms. The van der Waals surface area contributed by atoms with E-state index in [0.29, 0.717) is 23.7 Å². The van der Waals surface area contributed by atoms with Crippen molar-refractivity contribution >= 4 is 17.5 Å². The molecule has 6 rings (SSSR count). The topological polar surface area (TPSA) is 37.4 Å². The highest BCUT2D eigenvalue weighted by Crippen LogP contribution is 2.68. The number of aryl methyl sites for hydroxylation is 1. The van der Waals surface area contributed by atoms with E-state index in [1.54, 1.807) is 12.1 Å². The minimum atomic E-state index is -0.483. The lowest BCUT2D eigenvalue weighted by atomic mass is 9.59. The monoisotopic (exact) mass is 299 g/mol. The van der Waals surface area contributed by atoms with Crippen LogP contribution in [0, 0.1) is 48.2 Å². The van der Waals surface area contributed by atoms with Crippen LogP contribution in [0.15, 0.2) is 18.2 Å². The van der Waals surface area contributed by atoms with Crippen LogP contribution in [0.4, 0.5) is 10.1 Å². The lowest BCUT2D eigenvalue weighted by Gasteiger charge is -2.42. The zero-order valence-corrected chi connectivity index (χ0v) is 12.5. The molecule has 4 saturated carbocycles. The molecule has 6 atom stereocenters. The largest absolute Gasteiger partial charge is 0.274 e. The van der Waals surface area contributed by atoms with Crippen molar-refractivity contribution in [3.8, 4) is 0 Å². The Bertz CT molecular complexity index is 681. The van der Waals surface area contributed by atoms with Gasteiger partial charge in [0.25, 0.3) is 0 Å². The summed E-state index contributed by atoms with van der Waals surface area (Å²) in [7, 11) is 0. The number of nitrogens with zero attached hydrogens (tertiary/aromatic N) is 1. The molecule has 5 fully saturated rings. The van der Waals surface area contributed by atoms with Gasteiger partial charge in [0.1, 0.15) is 5.82 Å². The van der Waals surface area contributed by atoms with Gasteiger partial charge in [-0.05, 0) is 67.6 Å². The molecule has 0 spiro atoms. The Morgan fingerprint density at radius 2 is 1.59 bits per heavy atom. The van der Waals surface area contributed by atoms with Crippen molar-refractivity contribution in [1.29, 1.82) is 0 Å². The molecule has 5 aliphatic rings. The second-order valence-electron chi connectivity index (χ2n) is 7.49. The van der Waals surface area contributed by atoms with Crippen molar-refractivity contribution in [2.45, 2.75) is 26.2 Å². The van der Waals surface area contributed by atoms with Gasteiger partial charge in [0, 0.05) is 0 Å². The Morgan fingerprint density at radius 1 is 1.00 bits per heavy atom. The Balaban J connectivity index is 1.60. The predicted molar refractivity (Wildman–Crippen MR) is 78.4 cm³/mol. The number of benzene rings is 1. The van der Waals surface area contributed by atoms with Crippen LogP contribution in [0.5, 0.6) is 0 Å². The summed E-state index contributed by atoms with van der Waals surface area (Å²) in [5, 5.41) is 0. The van der Waals surface area contributed by atoms with Crippen LogP contribution in [0.25, 0.3) is 0 Å². The van der Waals surface area contributed by atoms with E-state index in [9.17, 15) is 14.0 Å². The summed E-state index contributed by atoms with van der Waals surface area (Å²) < 4.78 is 14.2. The molecule has 0 N–H and O–H groups in total. The van der Waals surface area contributed by atoms with Crippen molar-refractivity contribution in [3.63, 3.8) is 0 Å². The average molecular weight is 299 g/mol. The fourth-order valence-electron chi connectivity index (χ4n) is 5.57. The Hall–Kier alpha value is -1.71. The summed E-state index contributed by atoms with van der Waals surface area (Å²) in [5.74, 6) is 0.856. The standard InChI is InChI=1S/C18H18FNO2/c1-8-2-5-13(19)14(6-8)20-17(21)15-9-3-4-10(12-7-11(9)12)16(15)18(20)22/h2,5-6,9-12,15-16H,3-4,7H2,1H3/t9-,10+,11+,12-,15-,16+. The second kappa shape index (κ2) is 3.98. The van der Waals surface area contributed by atoms with Gasteiger partial charge in [-0.15, -0.1) is 0 Å². The molecule has 2 amide bonds. The third-order valence-electron chi connectivity index (χ3n) is 6.49. The van der Waals surface area contributed by atoms with Crippen LogP contribution < -0.4 is 4.90 Å². The van der Waals surface area contributed by atoms with Gasteiger partial charge >= 0.3 is 0 Å². The lowest BCUT2D eigenvalue weighted by molar-refractivity contribution is -0.129. The van der Waals surface area contributed by atoms with Crippen LogP contribution in [-0.4, -0.2) is 11.8 Å². The van der Waals surface area contributed by atoms with Gasteiger partial charge in [-0.25, -0.2) is 9.29 Å². The van der Waals surface area contributed by atoms with E-state index in [4.69, 9.17) is 0 Å². The summed E-state index contributed by atoms with van der Waals surface area (Å²) in [4.78, 5) is 27.0. The molecule has 0 unspecified atom stereocenters. The third-order valence-corrected chi connectivity index (χ3v) is 6.49. The predicted octanol–water partition coefficient (Wildman–Crippen LogP) is 2.92. The number of hydrogen-bond donors (Lipinski definition) is 0. The molecule has 114 valence electrons. The van der Waals surface area contributed by atoms with Crippen LogP contribution in [0.1, 0.15) is 24.8 Å². The first-order valence-corrected chi connectivity index (χ1v) is 8.22. The second-order valence-corrected chi connectivity index (χ2v) is 7.49. The van der Waals surface area contributed by atoms with Crippen molar-refractivity contribution < 1.29 is 14.0 Å². The number of anilines is 1. The van der Waals surface area contributed by atoms with Gasteiger partial charge in [-0.1, -0.05) is 6.07 Å². The van der Waals surface area contributed by atoms with E-state index in [1.807, 2.05) is 6.92 Å². The van der Waals surface area contributed by atoms with Crippen molar-refractivity contribution in [1.82, 2.24) is 0 Å². The number of imide groups is 1. The van der Waals surface area contributed by atoms with E-state index in [0.717, 1.165) is 23.3 Å². The normalized spacial score (nSPS) is 41.6. The van der Waals surface area contributed by atoms with Crippen LogP contribution in [0.2, 0.25) is 0 Å². The molecule has 2 bridgehead atoms. The van der Waals surface area contributed by atoms with Gasteiger partial charge < -0.3 is 0 Å². The van der Waals surface area contributed by atoms with Crippen LogP contribution in [-0.2, 0) is 9.59 Å². The maximum atomic E-state index is 14.2. The lowest BCUT2D eigenvalue weighted by Crippen LogP contribution is -2.43. The summed E-state index contributed by atoms with van der Waals surface area (Å²) in [6.45, 7) is 1.85. The number of carbonyl (C=O) groups excluding carboxylic acids is 2. The van der Waals surface area contributed by atoms with E-state index < -0.39 is 5.82 Å². The fourth-order valence-corrected chi connectivity index (χ4v) is 5.57. The average Bonchev–Trinajstić information content (AvgIpc) is 3.28. The smallest absolute Gasteiger partial charge is 0.238 e. The third kappa shape index (κ3) is 1.41. The molecule has 22 heavy (non-hydrogen) atoms. The van der Waals surface area contributed by atoms with Gasteiger partial charge in [0.15, 0.2) is 0 Å². The summed E-state index contributed by atoms with van der Waals surface area (Å²) >= 11 is 0. The number of amides is 2. The zero-order chi connectivity index (χ0) is 15.2. The summed E-state index contributed by atoms with van der Waals surface area (Å²) in [6.07, 6.45) is 3.33. The molecule has 0 radical (unpaired) electrons. The Kier molecular flexibility index (Phi) is 2.31. The molecule has 1 aliphatic heterocycles. The Labute approximate surface area is 128 Å². The molecule has 1 aromatic rings. The van der Waals surface area contributed by atoms with Crippen LogP contribution in [0.3, 0.4) is 0 Å². The van der Waals surface area contributed by atoms with Crippen molar-refractivity contribution in [2.75, 3.05) is 4.90 Å². The number of carbonyl (C=O) groups is 2. The molecule has 1 aromatic carbocycles. The van der Waals surface area contributed by atoms with Gasteiger partial charge in [0.2, 0.25) is 11.8 Å². The number of halogens is 1. The first-order valence-electron chi connectivity index (χ1n) is 8.22. The zero-order valence-electron chi connectivity index (χ0n) is 12.5. The minimum Gasteiger partial charge on any atom is -0.274 e. The maximum absolute atomic E-state index is 14.2. The maximum Gasteiger partial charge on any atom is 0.238 e. The van der Waals surface area contributed by atoms with E-state index in [2.05, 4.69) is 0 Å². The first-order chi connectivity index (χ1) is 10.6. The number of hydrogen-bond acceptors (Lipinski definition) is 2. The fraction of sp³-hybridized carbons (Fsp3) is 0.556. The molecule has 0 aromatic heterocycles. The molecular formula is C18H18FNO2. The molecule has 1 saturated heterocycles. The quantitative estimate of drug-likeness (QED) is 0.748. The molecule has 3 nitrogen and oxygen atoms in total. The van der Waals surface area contributed by atoms with Gasteiger partial charge in [-0.3, -0.25) is 9.59 Å².